The monoisotopic (exact) mass is 486 g/mol. The lowest BCUT2D eigenvalue weighted by Crippen LogP contribution is -2.32. The molecule has 4 aromatic rings. The minimum atomic E-state index is -0.297. The summed E-state index contributed by atoms with van der Waals surface area (Å²) >= 11 is 3.62. The van der Waals surface area contributed by atoms with E-state index >= 15 is 0 Å². The third kappa shape index (κ3) is 3.00. The quantitative estimate of drug-likeness (QED) is 0.407. The van der Waals surface area contributed by atoms with Crippen LogP contribution < -0.4 is 14.8 Å². The number of nitrogens with zero attached hydrogens (tertiary/aromatic N) is 3. The summed E-state index contributed by atoms with van der Waals surface area (Å²) in [5, 5.41) is 8.09. The minimum absolute atomic E-state index is 0.188. The zero-order valence-corrected chi connectivity index (χ0v) is 18.8. The lowest BCUT2D eigenvalue weighted by atomic mass is 9.84. The largest absolute Gasteiger partial charge is 0.497 e. The first-order valence-electron chi connectivity index (χ1n) is 10.3. The molecule has 0 amide bonds. The molecule has 3 heterocycles. The average molecular weight is 487 g/mol. The van der Waals surface area contributed by atoms with Crippen molar-refractivity contribution in [2.45, 2.75) is 12.1 Å². The molecule has 0 unspecified atom stereocenters. The molecular formula is C25H19BrN4O2. The van der Waals surface area contributed by atoms with Gasteiger partial charge in [0.2, 0.25) is 5.95 Å². The molecule has 0 bridgehead atoms. The Labute approximate surface area is 193 Å². The molecule has 0 saturated carbocycles. The maximum atomic E-state index is 6.63. The number of fused-ring (bicyclic) bond motifs is 3. The van der Waals surface area contributed by atoms with Crippen molar-refractivity contribution >= 4 is 27.6 Å². The van der Waals surface area contributed by atoms with Crippen LogP contribution in [0.2, 0.25) is 0 Å². The molecule has 1 N–H and O–H groups in total. The smallest absolute Gasteiger partial charge is 0.226 e. The van der Waals surface area contributed by atoms with E-state index < -0.39 is 0 Å². The number of nitrogens with one attached hydrogen (secondary N) is 1. The number of rotatable bonds is 3. The van der Waals surface area contributed by atoms with Crippen LogP contribution in [0.1, 0.15) is 28.8 Å². The minimum Gasteiger partial charge on any atom is -0.497 e. The molecular weight excluding hydrogens is 468 g/mol. The highest BCUT2D eigenvalue weighted by Crippen LogP contribution is 2.50. The van der Waals surface area contributed by atoms with Crippen molar-refractivity contribution in [1.82, 2.24) is 14.8 Å². The van der Waals surface area contributed by atoms with Gasteiger partial charge < -0.3 is 14.8 Å². The van der Waals surface area contributed by atoms with E-state index in [9.17, 15) is 0 Å². The second-order valence-electron chi connectivity index (χ2n) is 7.71. The van der Waals surface area contributed by atoms with E-state index in [0.717, 1.165) is 43.9 Å². The molecule has 2 aliphatic rings. The van der Waals surface area contributed by atoms with E-state index in [4.69, 9.17) is 9.47 Å². The normalized spacial score (nSPS) is 18.7. The first kappa shape index (κ1) is 19.1. The maximum absolute atomic E-state index is 6.63. The number of anilines is 1. The molecule has 1 aromatic heterocycles. The molecule has 0 fully saturated rings. The van der Waals surface area contributed by atoms with Crippen LogP contribution in [0.15, 0.2) is 89.2 Å². The van der Waals surface area contributed by atoms with Gasteiger partial charge in [0.1, 0.15) is 30.0 Å². The van der Waals surface area contributed by atoms with Crippen LogP contribution in [-0.4, -0.2) is 21.9 Å². The Hall–Kier alpha value is -3.58. The molecule has 0 saturated heterocycles. The van der Waals surface area contributed by atoms with Crippen LogP contribution >= 0.6 is 15.9 Å². The maximum Gasteiger partial charge on any atom is 0.226 e. The summed E-state index contributed by atoms with van der Waals surface area (Å²) < 4.78 is 14.9. The standard InChI is InChI=1S/C25H19BrN4O2/c1-31-18-11-9-15(10-12-18)23-21-22(29-25-27-14-28-30(23)25)19-7-2-3-8-20(19)32-24(21)16-5-4-6-17(26)13-16/h2-14,23-24H,1H3,(H,27,28,29)/t23-,24-/m1/s1. The van der Waals surface area contributed by atoms with Crippen molar-refractivity contribution in [3.63, 3.8) is 0 Å². The van der Waals surface area contributed by atoms with Crippen LogP contribution in [0.5, 0.6) is 11.5 Å². The summed E-state index contributed by atoms with van der Waals surface area (Å²) in [6.07, 6.45) is 1.28. The molecule has 6 nitrogen and oxygen atoms in total. The summed E-state index contributed by atoms with van der Waals surface area (Å²) in [6, 6.07) is 24.2. The average Bonchev–Trinajstić information content (AvgIpc) is 3.30. The third-order valence-electron chi connectivity index (χ3n) is 5.90. The number of halogens is 1. The van der Waals surface area contributed by atoms with Gasteiger partial charge in [-0.25, -0.2) is 4.68 Å². The highest BCUT2D eigenvalue weighted by Gasteiger charge is 2.40. The molecule has 7 heteroatoms. The molecule has 32 heavy (non-hydrogen) atoms. The van der Waals surface area contributed by atoms with Crippen molar-refractivity contribution in [3.8, 4) is 11.5 Å². The van der Waals surface area contributed by atoms with Gasteiger partial charge in [-0.3, -0.25) is 0 Å². The van der Waals surface area contributed by atoms with Crippen molar-refractivity contribution in [2.24, 2.45) is 0 Å². The van der Waals surface area contributed by atoms with Gasteiger partial charge in [0.25, 0.3) is 0 Å². The highest BCUT2D eigenvalue weighted by molar-refractivity contribution is 9.10. The number of para-hydroxylation sites is 1. The number of methoxy groups -OCH3 is 1. The van der Waals surface area contributed by atoms with Gasteiger partial charge in [0, 0.05) is 15.6 Å². The second-order valence-corrected chi connectivity index (χ2v) is 8.62. The Bertz CT molecular complexity index is 1350. The fourth-order valence-electron chi connectivity index (χ4n) is 4.47. The van der Waals surface area contributed by atoms with Crippen LogP contribution in [0, 0.1) is 0 Å². The van der Waals surface area contributed by atoms with Crippen LogP contribution in [0.4, 0.5) is 5.95 Å². The predicted molar refractivity (Wildman–Crippen MR) is 126 cm³/mol. The van der Waals surface area contributed by atoms with Gasteiger partial charge in [-0.05, 0) is 47.5 Å². The van der Waals surface area contributed by atoms with Crippen LogP contribution in [0.25, 0.3) is 5.70 Å². The summed E-state index contributed by atoms with van der Waals surface area (Å²) in [7, 11) is 1.67. The van der Waals surface area contributed by atoms with E-state index in [1.165, 1.54) is 0 Å². The fraction of sp³-hybridized carbons (Fsp3) is 0.120. The number of benzene rings is 3. The molecule has 158 valence electrons. The summed E-state index contributed by atoms with van der Waals surface area (Å²) in [6.45, 7) is 0. The van der Waals surface area contributed by atoms with E-state index in [1.54, 1.807) is 13.4 Å². The molecule has 0 aliphatic carbocycles. The van der Waals surface area contributed by atoms with Crippen molar-refractivity contribution < 1.29 is 9.47 Å². The summed E-state index contributed by atoms with van der Waals surface area (Å²) in [5.41, 5.74) is 5.25. The zero-order chi connectivity index (χ0) is 21.7. The lowest BCUT2D eigenvalue weighted by molar-refractivity contribution is 0.223. The van der Waals surface area contributed by atoms with E-state index in [2.05, 4.69) is 61.7 Å². The number of hydrogen-bond donors (Lipinski definition) is 1. The molecule has 2 atom stereocenters. The highest BCUT2D eigenvalue weighted by atomic mass is 79.9. The first-order valence-corrected chi connectivity index (χ1v) is 11.1. The van der Waals surface area contributed by atoms with Crippen molar-refractivity contribution in [2.75, 3.05) is 12.4 Å². The van der Waals surface area contributed by atoms with E-state index in [-0.39, 0.29) is 12.1 Å². The molecule has 0 radical (unpaired) electrons. The Balaban J connectivity index is 1.61. The Morgan fingerprint density at radius 1 is 1.00 bits per heavy atom. The third-order valence-corrected chi connectivity index (χ3v) is 6.40. The van der Waals surface area contributed by atoms with Crippen LogP contribution in [-0.2, 0) is 0 Å². The summed E-state index contributed by atoms with van der Waals surface area (Å²) in [4.78, 5) is 4.48. The molecule has 3 aromatic carbocycles. The fourth-order valence-corrected chi connectivity index (χ4v) is 4.89. The van der Waals surface area contributed by atoms with Gasteiger partial charge in [-0.2, -0.15) is 10.1 Å². The Morgan fingerprint density at radius 3 is 2.66 bits per heavy atom. The number of hydrogen-bond acceptors (Lipinski definition) is 5. The van der Waals surface area contributed by atoms with Crippen molar-refractivity contribution in [3.05, 3.63) is 106 Å². The lowest BCUT2D eigenvalue weighted by Gasteiger charge is -2.39. The van der Waals surface area contributed by atoms with E-state index in [0.29, 0.717) is 5.95 Å². The van der Waals surface area contributed by atoms with Gasteiger partial charge >= 0.3 is 0 Å². The van der Waals surface area contributed by atoms with Gasteiger partial charge in [0.15, 0.2) is 0 Å². The van der Waals surface area contributed by atoms with Crippen LogP contribution in [0.3, 0.4) is 0 Å². The first-order chi connectivity index (χ1) is 15.7. The number of aromatic nitrogens is 3. The molecule has 0 spiro atoms. The predicted octanol–water partition coefficient (Wildman–Crippen LogP) is 5.61. The topological polar surface area (TPSA) is 61.2 Å². The Kier molecular flexibility index (Phi) is 4.50. The molecule has 2 aliphatic heterocycles. The van der Waals surface area contributed by atoms with Gasteiger partial charge in [0.05, 0.1) is 12.8 Å². The van der Waals surface area contributed by atoms with E-state index in [1.807, 2.05) is 47.1 Å². The zero-order valence-electron chi connectivity index (χ0n) is 17.2. The van der Waals surface area contributed by atoms with Crippen molar-refractivity contribution in [1.29, 1.82) is 0 Å². The second kappa shape index (κ2) is 7.53. The SMILES string of the molecule is COc1ccc([C@@H]2C3=C(Nc4ncnn42)c2ccccc2O[C@@H]3c2cccc(Br)c2)cc1. The van der Waals surface area contributed by atoms with Gasteiger partial charge in [-0.1, -0.05) is 52.3 Å². The number of ether oxygens (including phenoxy) is 2. The Morgan fingerprint density at radius 2 is 1.84 bits per heavy atom. The molecule has 6 rings (SSSR count). The van der Waals surface area contributed by atoms with Gasteiger partial charge in [-0.15, -0.1) is 0 Å². The summed E-state index contributed by atoms with van der Waals surface area (Å²) in [5.74, 6) is 2.35.